The Kier molecular flexibility index (Phi) is 3.33. The average Bonchev–Trinajstić information content (AvgIpc) is 2.20. The molecule has 2 N–H and O–H groups in total. The van der Waals surface area contributed by atoms with Crippen LogP contribution >= 0.6 is 0 Å². The molecule has 0 radical (unpaired) electrons. The number of nitro groups is 1. The molecule has 8 heteroatoms. The molecule has 1 rings (SSSR count). The minimum Gasteiger partial charge on any atom is -0.505 e. The van der Waals surface area contributed by atoms with Crippen LogP contribution in [0.1, 0.15) is 6.92 Å². The van der Waals surface area contributed by atoms with Gasteiger partial charge in [0, 0.05) is 6.07 Å². The van der Waals surface area contributed by atoms with Gasteiger partial charge in [0.15, 0.2) is 5.69 Å². The first kappa shape index (κ1) is 12.2. The van der Waals surface area contributed by atoms with Crippen molar-refractivity contribution in [3.8, 4) is 5.75 Å². The smallest absolute Gasteiger partial charge is 0.297 e. The molecule has 0 aromatic heterocycles. The van der Waals surface area contributed by atoms with Gasteiger partial charge in [-0.3, -0.25) is 14.8 Å². The third-order valence-electron chi connectivity index (χ3n) is 1.85. The molecule has 0 spiro atoms. The van der Waals surface area contributed by atoms with Crippen LogP contribution in [0.5, 0.6) is 5.75 Å². The van der Waals surface area contributed by atoms with Crippen LogP contribution in [0, 0.1) is 10.1 Å². The van der Waals surface area contributed by atoms with Crippen molar-refractivity contribution < 1.29 is 18.4 Å². The number of anilines is 1. The third kappa shape index (κ3) is 2.60. The van der Waals surface area contributed by atoms with E-state index in [0.717, 1.165) is 6.07 Å². The third-order valence-corrected chi connectivity index (χ3v) is 3.13. The SMILES string of the molecule is CCS(=O)(=O)Nc1c(O)cccc1[N+](=O)[O-]. The predicted octanol–water partition coefficient (Wildman–Crippen LogP) is 1.06. The molecule has 0 atom stereocenters. The van der Waals surface area contributed by atoms with Crippen molar-refractivity contribution in [2.45, 2.75) is 6.92 Å². The first-order chi connectivity index (χ1) is 7.37. The maximum atomic E-state index is 11.3. The van der Waals surface area contributed by atoms with Crippen molar-refractivity contribution in [2.75, 3.05) is 10.5 Å². The molecule has 88 valence electrons. The lowest BCUT2D eigenvalue weighted by Gasteiger charge is -2.07. The van der Waals surface area contributed by atoms with Gasteiger partial charge in [0.2, 0.25) is 10.0 Å². The lowest BCUT2D eigenvalue weighted by Crippen LogP contribution is -2.15. The number of benzene rings is 1. The highest BCUT2D eigenvalue weighted by Crippen LogP contribution is 2.33. The zero-order valence-electron chi connectivity index (χ0n) is 8.37. The van der Waals surface area contributed by atoms with E-state index in [9.17, 15) is 23.6 Å². The molecule has 0 fully saturated rings. The summed E-state index contributed by atoms with van der Waals surface area (Å²) in [5.41, 5.74) is -0.897. The van der Waals surface area contributed by atoms with E-state index in [4.69, 9.17) is 0 Å². The van der Waals surface area contributed by atoms with Gasteiger partial charge in [-0.25, -0.2) is 8.42 Å². The number of hydrogen-bond acceptors (Lipinski definition) is 5. The second-order valence-corrected chi connectivity index (χ2v) is 4.94. The van der Waals surface area contributed by atoms with Crippen LogP contribution in [-0.4, -0.2) is 24.2 Å². The van der Waals surface area contributed by atoms with E-state index in [2.05, 4.69) is 0 Å². The molecule has 0 amide bonds. The number of phenolic OH excluding ortho intramolecular Hbond substituents is 1. The standard InChI is InChI=1S/C8H10N2O5S/c1-2-16(14,15)9-8-6(10(12)13)4-3-5-7(8)11/h3-5,9,11H,2H2,1H3. The Balaban J connectivity index is 3.27. The van der Waals surface area contributed by atoms with E-state index < -0.39 is 32.1 Å². The van der Waals surface area contributed by atoms with Gasteiger partial charge in [-0.1, -0.05) is 6.07 Å². The molecular weight excluding hydrogens is 236 g/mol. The largest absolute Gasteiger partial charge is 0.505 e. The Labute approximate surface area is 91.9 Å². The highest BCUT2D eigenvalue weighted by Gasteiger charge is 2.21. The van der Waals surface area contributed by atoms with E-state index >= 15 is 0 Å². The molecule has 16 heavy (non-hydrogen) atoms. The molecule has 0 aliphatic heterocycles. The van der Waals surface area contributed by atoms with Crippen molar-refractivity contribution in [2.24, 2.45) is 0 Å². The number of sulfonamides is 1. The molecule has 0 unspecified atom stereocenters. The van der Waals surface area contributed by atoms with Gasteiger partial charge >= 0.3 is 0 Å². The van der Waals surface area contributed by atoms with Crippen LogP contribution in [0.25, 0.3) is 0 Å². The van der Waals surface area contributed by atoms with Gasteiger partial charge in [-0.15, -0.1) is 0 Å². The summed E-state index contributed by atoms with van der Waals surface area (Å²) in [5.74, 6) is -0.718. The van der Waals surface area contributed by atoms with E-state index in [1.807, 2.05) is 4.72 Å². The number of hydrogen-bond donors (Lipinski definition) is 2. The van der Waals surface area contributed by atoms with Crippen LogP contribution in [0.4, 0.5) is 11.4 Å². The van der Waals surface area contributed by atoms with Crippen molar-refractivity contribution in [1.82, 2.24) is 0 Å². The number of nitrogens with one attached hydrogen (secondary N) is 1. The van der Waals surface area contributed by atoms with Crippen molar-refractivity contribution in [3.05, 3.63) is 28.3 Å². The summed E-state index contributed by atoms with van der Waals surface area (Å²) in [6, 6.07) is 3.53. The Morgan fingerprint density at radius 1 is 1.50 bits per heavy atom. The summed E-state index contributed by atoms with van der Waals surface area (Å²) >= 11 is 0. The Hall–Kier alpha value is -1.83. The van der Waals surface area contributed by atoms with Gasteiger partial charge < -0.3 is 5.11 Å². The van der Waals surface area contributed by atoms with Crippen LogP contribution in [-0.2, 0) is 10.0 Å². The number of rotatable bonds is 4. The lowest BCUT2D eigenvalue weighted by molar-refractivity contribution is -0.383. The summed E-state index contributed by atoms with van der Waals surface area (Å²) in [4.78, 5) is 9.84. The van der Waals surface area contributed by atoms with E-state index in [1.54, 1.807) is 0 Å². The fourth-order valence-electron chi connectivity index (χ4n) is 1.01. The second-order valence-electron chi connectivity index (χ2n) is 2.93. The van der Waals surface area contributed by atoms with Crippen LogP contribution in [0.3, 0.4) is 0 Å². The lowest BCUT2D eigenvalue weighted by atomic mass is 10.2. The number of phenols is 1. The molecule has 0 saturated heterocycles. The zero-order chi connectivity index (χ0) is 12.3. The van der Waals surface area contributed by atoms with Crippen LogP contribution < -0.4 is 4.72 Å². The molecule has 0 aliphatic carbocycles. The predicted molar refractivity (Wildman–Crippen MR) is 57.8 cm³/mol. The maximum Gasteiger partial charge on any atom is 0.297 e. The summed E-state index contributed by atoms with van der Waals surface area (Å²) in [6.45, 7) is 1.38. The van der Waals surface area contributed by atoms with Crippen LogP contribution in [0.2, 0.25) is 0 Å². The Bertz CT molecular complexity index is 511. The molecule has 0 saturated carbocycles. The minimum atomic E-state index is -3.67. The Morgan fingerprint density at radius 2 is 2.12 bits per heavy atom. The maximum absolute atomic E-state index is 11.3. The highest BCUT2D eigenvalue weighted by molar-refractivity contribution is 7.92. The van der Waals surface area contributed by atoms with Gasteiger partial charge in [-0.2, -0.15) is 0 Å². The first-order valence-corrected chi connectivity index (χ1v) is 5.99. The van der Waals surface area contributed by atoms with Crippen molar-refractivity contribution in [1.29, 1.82) is 0 Å². The monoisotopic (exact) mass is 246 g/mol. The first-order valence-electron chi connectivity index (χ1n) is 4.34. The fourth-order valence-corrected chi connectivity index (χ4v) is 1.68. The summed E-state index contributed by atoms with van der Waals surface area (Å²) in [7, 11) is -3.67. The normalized spacial score (nSPS) is 11.1. The Morgan fingerprint density at radius 3 is 2.62 bits per heavy atom. The summed E-state index contributed by atoms with van der Waals surface area (Å²) in [6.07, 6.45) is 0. The quantitative estimate of drug-likeness (QED) is 0.469. The second kappa shape index (κ2) is 4.35. The van der Waals surface area contributed by atoms with Gasteiger partial charge in [0.05, 0.1) is 10.7 Å². The minimum absolute atomic E-state index is 0.238. The van der Waals surface area contributed by atoms with E-state index in [0.29, 0.717) is 0 Å². The molecule has 1 aromatic carbocycles. The van der Waals surface area contributed by atoms with Gasteiger partial charge in [-0.05, 0) is 13.0 Å². The zero-order valence-corrected chi connectivity index (χ0v) is 9.19. The molecule has 0 heterocycles. The molecule has 0 bridgehead atoms. The summed E-state index contributed by atoms with van der Waals surface area (Å²) in [5, 5.41) is 20.0. The number of para-hydroxylation sites is 1. The fraction of sp³-hybridized carbons (Fsp3) is 0.250. The molecule has 1 aromatic rings. The van der Waals surface area contributed by atoms with E-state index in [1.165, 1.54) is 19.1 Å². The van der Waals surface area contributed by atoms with Crippen LogP contribution in [0.15, 0.2) is 18.2 Å². The number of nitrogens with zero attached hydrogens (tertiary/aromatic N) is 1. The molecular formula is C8H10N2O5S. The highest BCUT2D eigenvalue weighted by atomic mass is 32.2. The van der Waals surface area contributed by atoms with Crippen molar-refractivity contribution >= 4 is 21.4 Å². The number of aromatic hydroxyl groups is 1. The molecule has 0 aliphatic rings. The number of nitro benzene ring substituents is 1. The topological polar surface area (TPSA) is 110 Å². The van der Waals surface area contributed by atoms with Gasteiger partial charge in [0.1, 0.15) is 5.75 Å². The summed E-state index contributed by atoms with van der Waals surface area (Å²) < 4.78 is 24.5. The van der Waals surface area contributed by atoms with E-state index in [-0.39, 0.29) is 5.75 Å². The van der Waals surface area contributed by atoms with Crippen molar-refractivity contribution in [3.63, 3.8) is 0 Å². The molecule has 7 nitrogen and oxygen atoms in total. The van der Waals surface area contributed by atoms with Gasteiger partial charge in [0.25, 0.3) is 5.69 Å². The average molecular weight is 246 g/mol.